The number of rotatable bonds is 7. The Morgan fingerprint density at radius 2 is 1.85 bits per heavy atom. The first kappa shape index (κ1) is 19.2. The molecule has 0 aromatic heterocycles. The average molecular weight is 383 g/mol. The van der Waals surface area contributed by atoms with Gasteiger partial charge in [-0.3, -0.25) is 14.4 Å². The molecule has 1 aliphatic carbocycles. The molecule has 0 fully saturated rings. The molecule has 2 aromatic carbocycles. The average Bonchev–Trinajstić information content (AvgIpc) is 3.12. The Kier molecular flexibility index (Phi) is 6.29. The van der Waals surface area contributed by atoms with E-state index in [1.54, 1.807) is 24.3 Å². The van der Waals surface area contributed by atoms with Gasteiger partial charge in [-0.2, -0.15) is 0 Å². The van der Waals surface area contributed by atoms with Crippen molar-refractivity contribution in [1.29, 1.82) is 0 Å². The van der Waals surface area contributed by atoms with E-state index in [9.17, 15) is 14.4 Å². The van der Waals surface area contributed by atoms with Crippen molar-refractivity contribution in [3.63, 3.8) is 0 Å². The summed E-state index contributed by atoms with van der Waals surface area (Å²) in [5, 5.41) is 2.61. The number of amides is 1. The number of hydrogen-bond acceptors (Lipinski definition) is 5. The smallest absolute Gasteiger partial charge is 0.316 e. The molecule has 1 aliphatic rings. The molecule has 0 aliphatic heterocycles. The van der Waals surface area contributed by atoms with E-state index < -0.39 is 11.9 Å². The number of carbonyl (C=O) groups excluding carboxylic acids is 3. The van der Waals surface area contributed by atoms with Crippen LogP contribution in [0.4, 0.5) is 5.69 Å². The van der Waals surface area contributed by atoms with Crippen molar-refractivity contribution >= 4 is 35.1 Å². The summed E-state index contributed by atoms with van der Waals surface area (Å²) in [4.78, 5) is 36.5. The van der Waals surface area contributed by atoms with Crippen LogP contribution in [0, 0.1) is 0 Å². The monoisotopic (exact) mass is 383 g/mol. The van der Waals surface area contributed by atoms with Crippen LogP contribution >= 0.6 is 11.8 Å². The van der Waals surface area contributed by atoms with Crippen LogP contribution in [0.15, 0.2) is 47.4 Å². The molecular weight excluding hydrogens is 362 g/mol. The lowest BCUT2D eigenvalue weighted by Gasteiger charge is -2.09. The zero-order valence-corrected chi connectivity index (χ0v) is 15.9. The molecule has 0 atom stereocenters. The SMILES string of the molecule is CC(=O)c1ccccc1NC(=O)COC(=O)CSc1ccc2c(c1)CCC2. The summed E-state index contributed by atoms with van der Waals surface area (Å²) in [6.07, 6.45) is 3.41. The predicted octanol–water partition coefficient (Wildman–Crippen LogP) is 3.65. The molecule has 1 N–H and O–H groups in total. The molecule has 1 amide bonds. The fraction of sp³-hybridized carbons (Fsp3) is 0.286. The lowest BCUT2D eigenvalue weighted by Crippen LogP contribution is -2.22. The molecule has 0 spiro atoms. The highest BCUT2D eigenvalue weighted by atomic mass is 32.2. The zero-order chi connectivity index (χ0) is 19.2. The van der Waals surface area contributed by atoms with Gasteiger partial charge in [0.05, 0.1) is 11.4 Å². The fourth-order valence-electron chi connectivity index (χ4n) is 3.05. The predicted molar refractivity (Wildman–Crippen MR) is 105 cm³/mol. The molecule has 27 heavy (non-hydrogen) atoms. The van der Waals surface area contributed by atoms with Crippen LogP contribution in [0.3, 0.4) is 0 Å². The number of anilines is 1. The van der Waals surface area contributed by atoms with E-state index in [1.165, 1.54) is 36.2 Å². The minimum atomic E-state index is -0.473. The highest BCUT2D eigenvalue weighted by Crippen LogP contribution is 2.27. The van der Waals surface area contributed by atoms with Crippen LogP contribution in [0.5, 0.6) is 0 Å². The number of fused-ring (bicyclic) bond motifs is 1. The van der Waals surface area contributed by atoms with E-state index in [2.05, 4.69) is 17.4 Å². The summed E-state index contributed by atoms with van der Waals surface area (Å²) >= 11 is 1.41. The van der Waals surface area contributed by atoms with Crippen LogP contribution in [0.2, 0.25) is 0 Å². The van der Waals surface area contributed by atoms with Gasteiger partial charge >= 0.3 is 5.97 Å². The fourth-order valence-corrected chi connectivity index (χ4v) is 3.81. The van der Waals surface area contributed by atoms with Crippen LogP contribution in [-0.2, 0) is 27.2 Å². The first-order valence-corrected chi connectivity index (χ1v) is 9.81. The minimum Gasteiger partial charge on any atom is -0.455 e. The third-order valence-electron chi connectivity index (χ3n) is 4.37. The third-order valence-corrected chi connectivity index (χ3v) is 5.34. The standard InChI is InChI=1S/C21H21NO4S/c1-14(23)18-7-2-3-8-19(18)22-20(24)12-26-21(25)13-27-17-10-9-15-5-4-6-16(15)11-17/h2-3,7-11H,4-6,12-13H2,1H3,(H,22,24). The van der Waals surface area contributed by atoms with Crippen LogP contribution in [-0.4, -0.2) is 30.0 Å². The van der Waals surface area contributed by atoms with Gasteiger partial charge in [0, 0.05) is 10.5 Å². The van der Waals surface area contributed by atoms with E-state index in [0.717, 1.165) is 17.7 Å². The van der Waals surface area contributed by atoms with Gasteiger partial charge < -0.3 is 10.1 Å². The summed E-state index contributed by atoms with van der Waals surface area (Å²) in [7, 11) is 0. The van der Waals surface area contributed by atoms with Gasteiger partial charge in [-0.1, -0.05) is 18.2 Å². The molecule has 140 valence electrons. The number of carbonyl (C=O) groups is 3. The third kappa shape index (κ3) is 5.20. The maximum absolute atomic E-state index is 12.0. The number of benzene rings is 2. The number of ketones is 1. The Bertz CT molecular complexity index is 878. The van der Waals surface area contributed by atoms with Gasteiger partial charge in [-0.15, -0.1) is 11.8 Å². The molecule has 2 aromatic rings. The summed E-state index contributed by atoms with van der Waals surface area (Å²) < 4.78 is 5.03. The first-order valence-electron chi connectivity index (χ1n) is 8.83. The molecule has 0 heterocycles. The second-order valence-electron chi connectivity index (χ2n) is 6.38. The van der Waals surface area contributed by atoms with Crippen molar-refractivity contribution in [3.8, 4) is 0 Å². The van der Waals surface area contributed by atoms with Crippen molar-refractivity contribution in [3.05, 3.63) is 59.2 Å². The van der Waals surface area contributed by atoms with Crippen molar-refractivity contribution in [1.82, 2.24) is 0 Å². The molecule has 3 rings (SSSR count). The summed E-state index contributed by atoms with van der Waals surface area (Å²) in [5.41, 5.74) is 3.59. The Hall–Kier alpha value is -2.60. The molecule has 6 heteroatoms. The lowest BCUT2D eigenvalue weighted by molar-refractivity contribution is -0.144. The van der Waals surface area contributed by atoms with Crippen LogP contribution in [0.25, 0.3) is 0 Å². The Balaban J connectivity index is 1.45. The second kappa shape index (κ2) is 8.86. The number of esters is 1. The summed E-state index contributed by atoms with van der Waals surface area (Å²) in [5.74, 6) is -0.917. The number of thioether (sulfide) groups is 1. The van der Waals surface area contributed by atoms with Crippen LogP contribution < -0.4 is 5.32 Å². The Morgan fingerprint density at radius 1 is 1.07 bits per heavy atom. The molecule has 0 saturated heterocycles. The van der Waals surface area contributed by atoms with E-state index in [0.29, 0.717) is 11.3 Å². The zero-order valence-electron chi connectivity index (χ0n) is 15.1. The molecular formula is C21H21NO4S. The highest BCUT2D eigenvalue weighted by Gasteiger charge is 2.14. The van der Waals surface area contributed by atoms with Gasteiger partial charge in [0.2, 0.25) is 0 Å². The van der Waals surface area contributed by atoms with Crippen LogP contribution in [0.1, 0.15) is 34.8 Å². The lowest BCUT2D eigenvalue weighted by atomic mass is 10.1. The van der Waals surface area contributed by atoms with Gasteiger partial charge in [0.15, 0.2) is 12.4 Å². The number of ether oxygens (including phenoxy) is 1. The number of para-hydroxylation sites is 1. The Morgan fingerprint density at radius 3 is 2.67 bits per heavy atom. The van der Waals surface area contributed by atoms with E-state index in [-0.39, 0.29) is 18.1 Å². The quantitative estimate of drug-likeness (QED) is 0.449. The van der Waals surface area contributed by atoms with Gasteiger partial charge in [-0.05, 0) is 61.6 Å². The second-order valence-corrected chi connectivity index (χ2v) is 7.43. The first-order chi connectivity index (χ1) is 13.0. The summed E-state index contributed by atoms with van der Waals surface area (Å²) in [6.45, 7) is 1.05. The van der Waals surface area contributed by atoms with Gasteiger partial charge in [0.1, 0.15) is 0 Å². The molecule has 5 nitrogen and oxygen atoms in total. The maximum atomic E-state index is 12.0. The maximum Gasteiger partial charge on any atom is 0.316 e. The van der Waals surface area contributed by atoms with Crippen molar-refractivity contribution in [2.45, 2.75) is 31.1 Å². The molecule has 0 unspecified atom stereocenters. The number of nitrogens with one attached hydrogen (secondary N) is 1. The van der Waals surface area contributed by atoms with E-state index in [4.69, 9.17) is 4.74 Å². The highest BCUT2D eigenvalue weighted by molar-refractivity contribution is 8.00. The summed E-state index contributed by atoms with van der Waals surface area (Å²) in [6, 6.07) is 13.0. The molecule has 0 saturated carbocycles. The largest absolute Gasteiger partial charge is 0.455 e. The molecule has 0 bridgehead atoms. The van der Waals surface area contributed by atoms with Gasteiger partial charge in [0.25, 0.3) is 5.91 Å². The van der Waals surface area contributed by atoms with E-state index >= 15 is 0 Å². The normalized spacial score (nSPS) is 12.3. The minimum absolute atomic E-state index is 0.145. The number of aryl methyl sites for hydroxylation is 2. The topological polar surface area (TPSA) is 72.5 Å². The van der Waals surface area contributed by atoms with E-state index in [1.807, 2.05) is 6.07 Å². The molecule has 0 radical (unpaired) electrons. The van der Waals surface area contributed by atoms with Crippen molar-refractivity contribution in [2.24, 2.45) is 0 Å². The van der Waals surface area contributed by atoms with Gasteiger partial charge in [-0.25, -0.2) is 0 Å². The van der Waals surface area contributed by atoms with Crippen molar-refractivity contribution < 1.29 is 19.1 Å². The number of Topliss-reactive ketones (excluding diaryl/α,β-unsaturated/α-hetero) is 1. The van der Waals surface area contributed by atoms with Crippen molar-refractivity contribution in [2.75, 3.05) is 17.7 Å². The Labute approximate surface area is 162 Å². The number of hydrogen-bond donors (Lipinski definition) is 1.